The van der Waals surface area contributed by atoms with Gasteiger partial charge in [-0.2, -0.15) is 0 Å². The van der Waals surface area contributed by atoms with Gasteiger partial charge in [-0.15, -0.1) is 0 Å². The normalized spacial score (nSPS) is 10.4. The Bertz CT molecular complexity index is 503. The number of methoxy groups -OCH3 is 1. The molecule has 0 bridgehead atoms. The quantitative estimate of drug-likeness (QED) is 0.814. The van der Waals surface area contributed by atoms with Crippen molar-refractivity contribution < 1.29 is 9.47 Å². The van der Waals surface area contributed by atoms with Crippen molar-refractivity contribution in [2.45, 2.75) is 27.0 Å². The van der Waals surface area contributed by atoms with E-state index >= 15 is 0 Å². The summed E-state index contributed by atoms with van der Waals surface area (Å²) in [6, 6.07) is 7.58. The van der Waals surface area contributed by atoms with E-state index < -0.39 is 0 Å². The maximum absolute atomic E-state index is 5.73. The number of benzene rings is 1. The van der Waals surface area contributed by atoms with E-state index in [1.54, 1.807) is 7.11 Å². The van der Waals surface area contributed by atoms with Crippen molar-refractivity contribution in [3.05, 3.63) is 42.0 Å². The molecule has 0 atom stereocenters. The van der Waals surface area contributed by atoms with E-state index in [1.807, 2.05) is 37.4 Å². The molecule has 1 heterocycles. The van der Waals surface area contributed by atoms with Gasteiger partial charge in [0.1, 0.15) is 23.9 Å². The minimum absolute atomic E-state index is 0.529. The fourth-order valence-corrected chi connectivity index (χ4v) is 1.89. The van der Waals surface area contributed by atoms with Crippen LogP contribution in [0.3, 0.4) is 0 Å². The van der Waals surface area contributed by atoms with Gasteiger partial charge in [-0.1, -0.05) is 0 Å². The summed E-state index contributed by atoms with van der Waals surface area (Å²) in [6.07, 6.45) is 1.86. The highest BCUT2D eigenvalue weighted by molar-refractivity contribution is 5.31. The molecule has 2 aromatic rings. The Kier molecular flexibility index (Phi) is 3.87. The maximum Gasteiger partial charge on any atom is 0.130 e. The molecule has 1 aromatic carbocycles. The van der Waals surface area contributed by atoms with Gasteiger partial charge in [0.2, 0.25) is 0 Å². The predicted molar refractivity (Wildman–Crippen MR) is 70.0 cm³/mol. The second-order valence-corrected chi connectivity index (χ2v) is 4.01. The lowest BCUT2D eigenvalue weighted by Gasteiger charge is -2.09. The zero-order valence-corrected chi connectivity index (χ0v) is 11.0. The Morgan fingerprint density at radius 3 is 2.44 bits per heavy atom. The fraction of sp³-hybridized carbons (Fsp3) is 0.357. The number of hydrogen-bond donors (Lipinski definition) is 0. The highest BCUT2D eigenvalue weighted by Gasteiger charge is 2.05. The van der Waals surface area contributed by atoms with E-state index in [1.165, 1.54) is 0 Å². The van der Waals surface area contributed by atoms with Gasteiger partial charge in [0, 0.05) is 6.54 Å². The van der Waals surface area contributed by atoms with Crippen molar-refractivity contribution in [3.63, 3.8) is 0 Å². The van der Waals surface area contributed by atoms with Crippen LogP contribution in [0, 0.1) is 6.92 Å². The first-order valence-corrected chi connectivity index (χ1v) is 6.02. The van der Waals surface area contributed by atoms with Crippen molar-refractivity contribution in [3.8, 4) is 11.5 Å². The Labute approximate surface area is 107 Å². The minimum Gasteiger partial charge on any atom is -0.497 e. The lowest BCUT2D eigenvalue weighted by molar-refractivity contribution is 0.294. The molecule has 0 unspecified atom stereocenters. The van der Waals surface area contributed by atoms with E-state index in [9.17, 15) is 0 Å². The molecule has 0 amide bonds. The summed E-state index contributed by atoms with van der Waals surface area (Å²) in [5.74, 6) is 2.68. The molecule has 0 fully saturated rings. The summed E-state index contributed by atoms with van der Waals surface area (Å²) in [7, 11) is 1.65. The Morgan fingerprint density at radius 2 is 1.83 bits per heavy atom. The summed E-state index contributed by atoms with van der Waals surface area (Å²) in [5, 5.41) is 0. The lowest BCUT2D eigenvalue weighted by Crippen LogP contribution is -2.06. The van der Waals surface area contributed by atoms with Crippen LogP contribution in [0.4, 0.5) is 0 Å². The first-order chi connectivity index (χ1) is 8.74. The van der Waals surface area contributed by atoms with Crippen molar-refractivity contribution >= 4 is 0 Å². The first kappa shape index (κ1) is 12.5. The highest BCUT2D eigenvalue weighted by atomic mass is 16.5. The molecule has 2 rings (SSSR count). The van der Waals surface area contributed by atoms with Crippen LogP contribution in [-0.2, 0) is 13.2 Å². The number of rotatable bonds is 5. The van der Waals surface area contributed by atoms with Gasteiger partial charge in [-0.05, 0) is 38.1 Å². The van der Waals surface area contributed by atoms with Crippen LogP contribution in [0.1, 0.15) is 18.4 Å². The summed E-state index contributed by atoms with van der Waals surface area (Å²) >= 11 is 0. The summed E-state index contributed by atoms with van der Waals surface area (Å²) in [6.45, 7) is 5.54. The maximum atomic E-state index is 5.73. The zero-order valence-electron chi connectivity index (χ0n) is 11.0. The number of aryl methyl sites for hydroxylation is 1. The molecule has 0 saturated carbocycles. The fourth-order valence-electron chi connectivity index (χ4n) is 1.89. The van der Waals surface area contributed by atoms with Gasteiger partial charge in [0.05, 0.1) is 19.0 Å². The van der Waals surface area contributed by atoms with Crippen molar-refractivity contribution in [2.75, 3.05) is 7.11 Å². The van der Waals surface area contributed by atoms with Gasteiger partial charge < -0.3 is 14.0 Å². The number of imidazole rings is 1. The smallest absolute Gasteiger partial charge is 0.130 e. The summed E-state index contributed by atoms with van der Waals surface area (Å²) < 4.78 is 13.0. The van der Waals surface area contributed by atoms with Crippen LogP contribution in [0.15, 0.2) is 30.5 Å². The van der Waals surface area contributed by atoms with Crippen LogP contribution in [0.5, 0.6) is 11.5 Å². The molecule has 4 nitrogen and oxygen atoms in total. The summed E-state index contributed by atoms with van der Waals surface area (Å²) in [4.78, 5) is 4.29. The Hall–Kier alpha value is -1.97. The third-order valence-corrected chi connectivity index (χ3v) is 2.90. The second kappa shape index (κ2) is 5.58. The molecule has 4 heteroatoms. The van der Waals surface area contributed by atoms with Gasteiger partial charge in [0.15, 0.2) is 0 Å². The molecule has 0 aliphatic heterocycles. The van der Waals surface area contributed by atoms with Gasteiger partial charge in [-0.3, -0.25) is 0 Å². The molecule has 0 N–H and O–H groups in total. The molecule has 0 spiro atoms. The molecule has 0 radical (unpaired) electrons. The zero-order chi connectivity index (χ0) is 13.0. The number of nitrogens with zero attached hydrogens (tertiary/aromatic N) is 2. The van der Waals surface area contributed by atoms with E-state index in [-0.39, 0.29) is 0 Å². The van der Waals surface area contributed by atoms with E-state index in [4.69, 9.17) is 9.47 Å². The topological polar surface area (TPSA) is 36.3 Å². The average molecular weight is 246 g/mol. The predicted octanol–water partition coefficient (Wildman–Crippen LogP) is 2.80. The SMILES string of the molecule is CCn1c(COc2ccc(OC)cc2)cnc1C. The number of aromatic nitrogens is 2. The molecular weight excluding hydrogens is 228 g/mol. The molecule has 18 heavy (non-hydrogen) atoms. The third-order valence-electron chi connectivity index (χ3n) is 2.90. The van der Waals surface area contributed by atoms with Crippen molar-refractivity contribution in [1.29, 1.82) is 0 Å². The summed E-state index contributed by atoms with van der Waals surface area (Å²) in [5.41, 5.74) is 1.09. The third kappa shape index (κ3) is 2.64. The largest absolute Gasteiger partial charge is 0.497 e. The molecular formula is C14H18N2O2. The van der Waals surface area contributed by atoms with Crippen LogP contribution in [-0.4, -0.2) is 16.7 Å². The number of ether oxygens (including phenoxy) is 2. The Balaban J connectivity index is 2.02. The minimum atomic E-state index is 0.529. The van der Waals surface area contributed by atoms with Gasteiger partial charge >= 0.3 is 0 Å². The van der Waals surface area contributed by atoms with Crippen molar-refractivity contribution in [1.82, 2.24) is 9.55 Å². The first-order valence-electron chi connectivity index (χ1n) is 6.02. The standard InChI is InChI=1S/C14H18N2O2/c1-4-16-11(2)15-9-12(16)10-18-14-7-5-13(17-3)6-8-14/h5-9H,4,10H2,1-3H3. The van der Waals surface area contributed by atoms with Crippen LogP contribution >= 0.6 is 0 Å². The van der Waals surface area contributed by atoms with E-state index in [0.717, 1.165) is 29.6 Å². The second-order valence-electron chi connectivity index (χ2n) is 4.01. The molecule has 1 aromatic heterocycles. The average Bonchev–Trinajstić information content (AvgIpc) is 2.77. The molecule has 0 aliphatic carbocycles. The van der Waals surface area contributed by atoms with E-state index in [0.29, 0.717) is 6.61 Å². The molecule has 0 saturated heterocycles. The highest BCUT2D eigenvalue weighted by Crippen LogP contribution is 2.18. The molecule has 0 aliphatic rings. The van der Waals surface area contributed by atoms with Crippen LogP contribution < -0.4 is 9.47 Å². The Morgan fingerprint density at radius 1 is 1.17 bits per heavy atom. The van der Waals surface area contributed by atoms with E-state index in [2.05, 4.69) is 16.5 Å². The lowest BCUT2D eigenvalue weighted by atomic mass is 10.3. The monoisotopic (exact) mass is 246 g/mol. The van der Waals surface area contributed by atoms with Gasteiger partial charge in [0.25, 0.3) is 0 Å². The van der Waals surface area contributed by atoms with Gasteiger partial charge in [-0.25, -0.2) is 4.98 Å². The van der Waals surface area contributed by atoms with Crippen LogP contribution in [0.25, 0.3) is 0 Å². The number of hydrogen-bond acceptors (Lipinski definition) is 3. The van der Waals surface area contributed by atoms with Crippen molar-refractivity contribution in [2.24, 2.45) is 0 Å². The molecule has 96 valence electrons. The van der Waals surface area contributed by atoms with Crippen LogP contribution in [0.2, 0.25) is 0 Å².